The van der Waals surface area contributed by atoms with Crippen molar-refractivity contribution >= 4 is 23.4 Å². The molecule has 1 saturated heterocycles. The SMILES string of the molecule is CCCc1cc(N2CCC(NC(=O)CCN(C)C)C2)nc(Nc2cccc(C#N)c2)n1. The summed E-state index contributed by atoms with van der Waals surface area (Å²) >= 11 is 0. The maximum Gasteiger partial charge on any atom is 0.229 e. The van der Waals surface area contributed by atoms with Gasteiger partial charge in [0.25, 0.3) is 0 Å². The van der Waals surface area contributed by atoms with Crippen molar-refractivity contribution in [2.24, 2.45) is 0 Å². The third kappa shape index (κ3) is 6.66. The molecule has 0 spiro atoms. The second-order valence-corrected chi connectivity index (χ2v) is 8.16. The van der Waals surface area contributed by atoms with Gasteiger partial charge in [0.1, 0.15) is 5.82 Å². The number of anilines is 3. The van der Waals surface area contributed by atoms with Crippen LogP contribution in [-0.2, 0) is 11.2 Å². The molecule has 1 amide bonds. The van der Waals surface area contributed by atoms with Crippen molar-refractivity contribution in [2.45, 2.75) is 38.6 Å². The summed E-state index contributed by atoms with van der Waals surface area (Å²) in [5.74, 6) is 1.48. The molecule has 0 saturated carbocycles. The Kier molecular flexibility index (Phi) is 7.79. The molecule has 2 N–H and O–H groups in total. The number of amides is 1. The van der Waals surface area contributed by atoms with Crippen LogP contribution in [-0.4, -0.2) is 60.5 Å². The van der Waals surface area contributed by atoms with Gasteiger partial charge in [-0.05, 0) is 45.1 Å². The molecule has 2 aromatic rings. The molecular formula is C23H31N7O. The molecule has 1 aromatic carbocycles. The van der Waals surface area contributed by atoms with E-state index in [0.29, 0.717) is 17.9 Å². The second-order valence-electron chi connectivity index (χ2n) is 8.16. The number of nitriles is 1. The minimum atomic E-state index is 0.0923. The van der Waals surface area contributed by atoms with Gasteiger partial charge in [0.15, 0.2) is 0 Å². The van der Waals surface area contributed by atoms with E-state index in [1.807, 2.05) is 37.2 Å². The number of aromatic nitrogens is 2. The van der Waals surface area contributed by atoms with Crippen molar-refractivity contribution in [2.75, 3.05) is 43.9 Å². The molecule has 1 atom stereocenters. The van der Waals surface area contributed by atoms with Gasteiger partial charge < -0.3 is 20.4 Å². The topological polar surface area (TPSA) is 97.2 Å². The Morgan fingerprint density at radius 3 is 2.90 bits per heavy atom. The highest BCUT2D eigenvalue weighted by Gasteiger charge is 2.25. The van der Waals surface area contributed by atoms with Gasteiger partial charge in [-0.3, -0.25) is 4.79 Å². The van der Waals surface area contributed by atoms with E-state index in [-0.39, 0.29) is 11.9 Å². The fourth-order valence-corrected chi connectivity index (χ4v) is 3.59. The Labute approximate surface area is 184 Å². The Morgan fingerprint density at radius 2 is 2.16 bits per heavy atom. The lowest BCUT2D eigenvalue weighted by atomic mass is 10.2. The highest BCUT2D eigenvalue weighted by atomic mass is 16.1. The number of nitrogens with one attached hydrogen (secondary N) is 2. The summed E-state index contributed by atoms with van der Waals surface area (Å²) in [5.41, 5.74) is 2.35. The zero-order valence-electron chi connectivity index (χ0n) is 18.6. The van der Waals surface area contributed by atoms with Gasteiger partial charge in [-0.25, -0.2) is 4.98 Å². The fraction of sp³-hybridized carbons (Fsp3) is 0.478. The monoisotopic (exact) mass is 421 g/mol. The maximum absolute atomic E-state index is 12.2. The molecule has 1 aliphatic heterocycles. The van der Waals surface area contributed by atoms with Crippen molar-refractivity contribution in [1.82, 2.24) is 20.2 Å². The minimum absolute atomic E-state index is 0.0923. The molecule has 0 aliphatic carbocycles. The zero-order chi connectivity index (χ0) is 22.2. The summed E-state index contributed by atoms with van der Waals surface area (Å²) in [6.45, 7) is 4.45. The van der Waals surface area contributed by atoms with E-state index in [4.69, 9.17) is 10.2 Å². The third-order valence-electron chi connectivity index (χ3n) is 5.18. The van der Waals surface area contributed by atoms with Crippen LogP contribution >= 0.6 is 0 Å². The van der Waals surface area contributed by atoms with Crippen LogP contribution in [0.4, 0.5) is 17.5 Å². The van der Waals surface area contributed by atoms with E-state index in [1.54, 1.807) is 12.1 Å². The Hall–Kier alpha value is -3.18. The van der Waals surface area contributed by atoms with E-state index in [9.17, 15) is 4.79 Å². The van der Waals surface area contributed by atoms with Crippen molar-refractivity contribution < 1.29 is 4.79 Å². The number of aryl methyl sites for hydroxylation is 1. The van der Waals surface area contributed by atoms with Crippen molar-refractivity contribution in [3.05, 3.63) is 41.6 Å². The highest BCUT2D eigenvalue weighted by Crippen LogP contribution is 2.23. The van der Waals surface area contributed by atoms with Gasteiger partial charge in [-0.2, -0.15) is 10.2 Å². The summed E-state index contributed by atoms with van der Waals surface area (Å²) in [4.78, 5) is 25.8. The van der Waals surface area contributed by atoms with Gasteiger partial charge in [-0.15, -0.1) is 0 Å². The number of nitrogens with zero attached hydrogens (tertiary/aromatic N) is 5. The molecule has 0 radical (unpaired) electrons. The Balaban J connectivity index is 1.70. The average molecular weight is 422 g/mol. The van der Waals surface area contributed by atoms with Crippen LogP contribution in [0.15, 0.2) is 30.3 Å². The molecule has 8 heteroatoms. The van der Waals surface area contributed by atoms with E-state index in [2.05, 4.69) is 33.5 Å². The molecular weight excluding hydrogens is 390 g/mol. The fourth-order valence-electron chi connectivity index (χ4n) is 3.59. The zero-order valence-corrected chi connectivity index (χ0v) is 18.6. The molecule has 2 heterocycles. The van der Waals surface area contributed by atoms with Crippen molar-refractivity contribution in [3.8, 4) is 6.07 Å². The van der Waals surface area contributed by atoms with Crippen molar-refractivity contribution in [3.63, 3.8) is 0 Å². The van der Waals surface area contributed by atoms with Crippen LogP contribution in [0, 0.1) is 11.3 Å². The molecule has 0 bridgehead atoms. The molecule has 1 aliphatic rings. The second kappa shape index (κ2) is 10.7. The standard InChI is InChI=1S/C23H31N7O/c1-4-6-18-14-21(28-23(26-18)27-19-8-5-7-17(13-19)15-24)30-12-9-20(16-30)25-22(31)10-11-29(2)3/h5,7-8,13-14,20H,4,6,9-12,16H2,1-3H3,(H,25,31)(H,26,27,28). The van der Waals surface area contributed by atoms with Crippen LogP contribution in [0.25, 0.3) is 0 Å². The van der Waals surface area contributed by atoms with Crippen LogP contribution in [0.1, 0.15) is 37.4 Å². The molecule has 3 rings (SSSR count). The van der Waals surface area contributed by atoms with Crippen LogP contribution in [0.5, 0.6) is 0 Å². The van der Waals surface area contributed by atoms with Crippen molar-refractivity contribution in [1.29, 1.82) is 5.26 Å². The Morgan fingerprint density at radius 1 is 1.32 bits per heavy atom. The van der Waals surface area contributed by atoms with Gasteiger partial charge in [0.2, 0.25) is 11.9 Å². The molecule has 164 valence electrons. The molecule has 31 heavy (non-hydrogen) atoms. The molecule has 1 fully saturated rings. The van der Waals surface area contributed by atoms with E-state index >= 15 is 0 Å². The minimum Gasteiger partial charge on any atom is -0.354 e. The number of carbonyl (C=O) groups is 1. The summed E-state index contributed by atoms with van der Waals surface area (Å²) in [7, 11) is 3.94. The summed E-state index contributed by atoms with van der Waals surface area (Å²) in [6, 6.07) is 11.6. The quantitative estimate of drug-likeness (QED) is 0.642. The number of carbonyl (C=O) groups excluding carboxylic acids is 1. The van der Waals surface area contributed by atoms with Crippen LogP contribution < -0.4 is 15.5 Å². The van der Waals surface area contributed by atoms with Gasteiger partial charge >= 0.3 is 0 Å². The lowest BCUT2D eigenvalue weighted by molar-refractivity contribution is -0.121. The molecule has 8 nitrogen and oxygen atoms in total. The van der Waals surface area contributed by atoms with Gasteiger partial charge in [0, 0.05) is 49.5 Å². The normalized spacial score (nSPS) is 15.7. The van der Waals surface area contributed by atoms with E-state index in [0.717, 1.165) is 56.1 Å². The molecule has 1 aromatic heterocycles. The largest absolute Gasteiger partial charge is 0.354 e. The summed E-state index contributed by atoms with van der Waals surface area (Å²) in [5, 5.41) is 15.5. The maximum atomic E-state index is 12.2. The first-order valence-corrected chi connectivity index (χ1v) is 10.8. The number of benzene rings is 1. The first kappa shape index (κ1) is 22.5. The van der Waals surface area contributed by atoms with Crippen LogP contribution in [0.3, 0.4) is 0 Å². The lowest BCUT2D eigenvalue weighted by Gasteiger charge is -2.20. The molecule has 1 unspecified atom stereocenters. The predicted molar refractivity (Wildman–Crippen MR) is 122 cm³/mol. The highest BCUT2D eigenvalue weighted by molar-refractivity contribution is 5.76. The number of hydrogen-bond acceptors (Lipinski definition) is 7. The van der Waals surface area contributed by atoms with E-state index < -0.39 is 0 Å². The third-order valence-corrected chi connectivity index (χ3v) is 5.18. The summed E-state index contributed by atoms with van der Waals surface area (Å²) < 4.78 is 0. The first-order chi connectivity index (χ1) is 15.0. The Bertz CT molecular complexity index is 938. The van der Waals surface area contributed by atoms with Gasteiger partial charge in [0.05, 0.1) is 11.6 Å². The van der Waals surface area contributed by atoms with Gasteiger partial charge in [-0.1, -0.05) is 19.4 Å². The number of hydrogen-bond donors (Lipinski definition) is 2. The predicted octanol–water partition coefficient (Wildman–Crippen LogP) is 2.69. The first-order valence-electron chi connectivity index (χ1n) is 10.8. The van der Waals surface area contributed by atoms with E-state index in [1.165, 1.54) is 0 Å². The smallest absolute Gasteiger partial charge is 0.229 e. The van der Waals surface area contributed by atoms with Crippen LogP contribution in [0.2, 0.25) is 0 Å². The lowest BCUT2D eigenvalue weighted by Crippen LogP contribution is -2.38. The number of rotatable bonds is 9. The summed E-state index contributed by atoms with van der Waals surface area (Å²) in [6.07, 6.45) is 3.26. The average Bonchev–Trinajstić information content (AvgIpc) is 3.21.